The molecule has 0 radical (unpaired) electrons. The van der Waals surface area contributed by atoms with Crippen LogP contribution in [0.3, 0.4) is 0 Å². The van der Waals surface area contributed by atoms with Crippen molar-refractivity contribution in [3.63, 3.8) is 0 Å². The van der Waals surface area contributed by atoms with E-state index < -0.39 is 0 Å². The number of nitrogens with one attached hydrogen (secondary N) is 1. The zero-order chi connectivity index (χ0) is 9.54. The second kappa shape index (κ2) is 2.95. The first-order chi connectivity index (χ1) is 6.83. The first-order valence-electron chi connectivity index (χ1n) is 4.59. The molecule has 5 heteroatoms. The molecule has 2 aromatic rings. The van der Waals surface area contributed by atoms with Crippen molar-refractivity contribution in [3.8, 4) is 0 Å². The van der Waals surface area contributed by atoms with Crippen LogP contribution in [-0.4, -0.2) is 20.6 Å². The molecule has 1 saturated carbocycles. The molecule has 1 aliphatic carbocycles. The molecule has 2 heterocycles. The summed E-state index contributed by atoms with van der Waals surface area (Å²) in [6.45, 7) is 0. The van der Waals surface area contributed by atoms with Crippen LogP contribution in [-0.2, 0) is 0 Å². The van der Waals surface area contributed by atoms with Gasteiger partial charge in [0.05, 0.1) is 5.69 Å². The van der Waals surface area contributed by atoms with Crippen molar-refractivity contribution >= 4 is 27.3 Å². The zero-order valence-corrected chi connectivity index (χ0v) is 9.03. The van der Waals surface area contributed by atoms with Crippen LogP contribution in [0.4, 0.5) is 5.69 Å². The van der Waals surface area contributed by atoms with E-state index in [1.807, 2.05) is 12.3 Å². The SMILES string of the molecule is Brc1cc(NC2CC2)c2nccn2n1. The Labute approximate surface area is 89.5 Å². The van der Waals surface area contributed by atoms with E-state index in [4.69, 9.17) is 0 Å². The standard InChI is InChI=1S/C9H9BrN4/c10-8-5-7(12-6-1-2-6)9-11-3-4-14(9)13-8/h3-6,12H,1-2H2. The first-order valence-corrected chi connectivity index (χ1v) is 5.39. The molecule has 1 aliphatic rings. The Morgan fingerprint density at radius 1 is 1.50 bits per heavy atom. The molecular weight excluding hydrogens is 244 g/mol. The van der Waals surface area contributed by atoms with E-state index in [1.54, 1.807) is 10.7 Å². The highest BCUT2D eigenvalue weighted by molar-refractivity contribution is 9.10. The molecule has 0 aromatic carbocycles. The van der Waals surface area contributed by atoms with Gasteiger partial charge in [-0.3, -0.25) is 0 Å². The first kappa shape index (κ1) is 8.23. The van der Waals surface area contributed by atoms with E-state index in [0.29, 0.717) is 6.04 Å². The molecule has 0 saturated heterocycles. The molecule has 0 bridgehead atoms. The molecule has 3 rings (SSSR count). The maximum Gasteiger partial charge on any atom is 0.177 e. The lowest BCUT2D eigenvalue weighted by Gasteiger charge is -2.05. The molecule has 1 fully saturated rings. The summed E-state index contributed by atoms with van der Waals surface area (Å²) in [4.78, 5) is 4.26. The van der Waals surface area contributed by atoms with Crippen LogP contribution < -0.4 is 5.32 Å². The maximum absolute atomic E-state index is 4.26. The number of hydrogen-bond donors (Lipinski definition) is 1. The lowest BCUT2D eigenvalue weighted by atomic mass is 10.4. The third kappa shape index (κ3) is 1.37. The molecule has 14 heavy (non-hydrogen) atoms. The Morgan fingerprint density at radius 3 is 3.14 bits per heavy atom. The van der Waals surface area contributed by atoms with E-state index in [-0.39, 0.29) is 0 Å². The van der Waals surface area contributed by atoms with Crippen LogP contribution >= 0.6 is 15.9 Å². The van der Waals surface area contributed by atoms with Crippen molar-refractivity contribution in [2.75, 3.05) is 5.32 Å². The monoisotopic (exact) mass is 252 g/mol. The third-order valence-corrected chi connectivity index (χ3v) is 2.65. The molecule has 0 unspecified atom stereocenters. The lowest BCUT2D eigenvalue weighted by molar-refractivity contribution is 0.914. The van der Waals surface area contributed by atoms with E-state index in [9.17, 15) is 0 Å². The van der Waals surface area contributed by atoms with Crippen molar-refractivity contribution in [2.45, 2.75) is 18.9 Å². The largest absolute Gasteiger partial charge is 0.379 e. The highest BCUT2D eigenvalue weighted by Gasteiger charge is 2.22. The Morgan fingerprint density at radius 2 is 2.36 bits per heavy atom. The van der Waals surface area contributed by atoms with Crippen LogP contribution in [0.5, 0.6) is 0 Å². The predicted octanol–water partition coefficient (Wildman–Crippen LogP) is 2.07. The van der Waals surface area contributed by atoms with Crippen molar-refractivity contribution in [3.05, 3.63) is 23.1 Å². The minimum atomic E-state index is 0.629. The topological polar surface area (TPSA) is 42.2 Å². The molecule has 0 aliphatic heterocycles. The highest BCUT2D eigenvalue weighted by Crippen LogP contribution is 2.27. The summed E-state index contributed by atoms with van der Waals surface area (Å²) in [6, 6.07) is 2.60. The average molecular weight is 253 g/mol. The molecular formula is C9H9BrN4. The van der Waals surface area contributed by atoms with E-state index >= 15 is 0 Å². The molecule has 0 amide bonds. The number of imidazole rings is 1. The summed E-state index contributed by atoms with van der Waals surface area (Å²) in [6.07, 6.45) is 6.12. The van der Waals surface area contributed by atoms with Crippen LogP contribution in [0.1, 0.15) is 12.8 Å². The molecule has 72 valence electrons. The Hall–Kier alpha value is -1.10. The number of halogens is 1. The number of hydrogen-bond acceptors (Lipinski definition) is 3. The number of aromatic nitrogens is 3. The van der Waals surface area contributed by atoms with Crippen LogP contribution in [0, 0.1) is 0 Å². The Kier molecular flexibility index (Phi) is 1.73. The predicted molar refractivity (Wildman–Crippen MR) is 57.3 cm³/mol. The Bertz CT molecular complexity index is 475. The zero-order valence-electron chi connectivity index (χ0n) is 7.44. The summed E-state index contributed by atoms with van der Waals surface area (Å²) in [5, 5.41) is 7.69. The second-order valence-electron chi connectivity index (χ2n) is 3.49. The van der Waals surface area contributed by atoms with E-state index in [0.717, 1.165) is 15.9 Å². The van der Waals surface area contributed by atoms with Crippen molar-refractivity contribution in [1.82, 2.24) is 14.6 Å². The van der Waals surface area contributed by atoms with Gasteiger partial charge in [0.1, 0.15) is 4.60 Å². The lowest BCUT2D eigenvalue weighted by Crippen LogP contribution is -2.04. The smallest absolute Gasteiger partial charge is 0.177 e. The van der Waals surface area contributed by atoms with Gasteiger partial charge in [-0.1, -0.05) is 0 Å². The third-order valence-electron chi connectivity index (χ3n) is 2.27. The number of nitrogens with zero attached hydrogens (tertiary/aromatic N) is 3. The van der Waals surface area contributed by atoms with Gasteiger partial charge >= 0.3 is 0 Å². The van der Waals surface area contributed by atoms with Crippen LogP contribution in [0.25, 0.3) is 5.65 Å². The van der Waals surface area contributed by atoms with Crippen molar-refractivity contribution in [2.24, 2.45) is 0 Å². The summed E-state index contributed by atoms with van der Waals surface area (Å²) in [5.74, 6) is 0. The molecule has 4 nitrogen and oxygen atoms in total. The fraction of sp³-hybridized carbons (Fsp3) is 0.333. The normalized spacial score (nSPS) is 16.1. The number of rotatable bonds is 2. The second-order valence-corrected chi connectivity index (χ2v) is 4.31. The number of anilines is 1. The quantitative estimate of drug-likeness (QED) is 0.890. The minimum absolute atomic E-state index is 0.629. The van der Waals surface area contributed by atoms with Crippen molar-refractivity contribution < 1.29 is 0 Å². The van der Waals surface area contributed by atoms with Gasteiger partial charge in [0.15, 0.2) is 5.65 Å². The molecule has 1 N–H and O–H groups in total. The summed E-state index contributed by atoms with van der Waals surface area (Å²) < 4.78 is 2.60. The fourth-order valence-corrected chi connectivity index (χ4v) is 1.84. The van der Waals surface area contributed by atoms with E-state index in [1.165, 1.54) is 12.8 Å². The molecule has 0 spiro atoms. The summed E-state index contributed by atoms with van der Waals surface area (Å²) in [5.41, 5.74) is 1.94. The van der Waals surface area contributed by atoms with Gasteiger partial charge in [-0.15, -0.1) is 0 Å². The van der Waals surface area contributed by atoms with Crippen molar-refractivity contribution in [1.29, 1.82) is 0 Å². The minimum Gasteiger partial charge on any atom is -0.379 e. The van der Waals surface area contributed by atoms with Gasteiger partial charge in [0.2, 0.25) is 0 Å². The molecule has 2 aromatic heterocycles. The van der Waals surface area contributed by atoms with Crippen LogP contribution in [0.2, 0.25) is 0 Å². The van der Waals surface area contributed by atoms with Crippen LogP contribution in [0.15, 0.2) is 23.1 Å². The number of fused-ring (bicyclic) bond motifs is 1. The average Bonchev–Trinajstić information content (AvgIpc) is 2.81. The highest BCUT2D eigenvalue weighted by atomic mass is 79.9. The fourth-order valence-electron chi connectivity index (χ4n) is 1.44. The Balaban J connectivity index is 2.13. The maximum atomic E-state index is 4.26. The van der Waals surface area contributed by atoms with Gasteiger partial charge in [-0.2, -0.15) is 5.10 Å². The summed E-state index contributed by atoms with van der Waals surface area (Å²) in [7, 11) is 0. The van der Waals surface area contributed by atoms with Gasteiger partial charge < -0.3 is 5.32 Å². The van der Waals surface area contributed by atoms with Gasteiger partial charge in [-0.25, -0.2) is 9.50 Å². The van der Waals surface area contributed by atoms with Gasteiger partial charge in [0.25, 0.3) is 0 Å². The summed E-state index contributed by atoms with van der Waals surface area (Å²) >= 11 is 3.38. The van der Waals surface area contributed by atoms with Gasteiger partial charge in [-0.05, 0) is 34.8 Å². The molecule has 0 atom stereocenters. The van der Waals surface area contributed by atoms with E-state index in [2.05, 4.69) is 31.3 Å². The van der Waals surface area contributed by atoms with Gasteiger partial charge in [0, 0.05) is 18.4 Å².